The van der Waals surface area contributed by atoms with Gasteiger partial charge in [0.2, 0.25) is 10.0 Å². The van der Waals surface area contributed by atoms with Crippen LogP contribution in [0, 0.1) is 18.6 Å². The maximum atomic E-state index is 14.7. The number of carboxylic acids is 1. The fourth-order valence-corrected chi connectivity index (χ4v) is 5.20. The lowest BCUT2D eigenvalue weighted by molar-refractivity contribution is -0.138. The van der Waals surface area contributed by atoms with Crippen LogP contribution in [0.25, 0.3) is 0 Å². The highest BCUT2D eigenvalue weighted by Crippen LogP contribution is 2.33. The van der Waals surface area contributed by atoms with E-state index in [4.69, 9.17) is 26.2 Å². The predicted octanol–water partition coefficient (Wildman–Crippen LogP) is 5.88. The normalized spacial score (nSPS) is 11.1. The summed E-state index contributed by atoms with van der Waals surface area (Å²) in [5.41, 5.74) is 2.70. The first-order chi connectivity index (χ1) is 21.8. The van der Waals surface area contributed by atoms with Gasteiger partial charge in [-0.2, -0.15) is 0 Å². The van der Waals surface area contributed by atoms with Gasteiger partial charge in [0.1, 0.15) is 35.4 Å². The summed E-state index contributed by atoms with van der Waals surface area (Å²) in [6.07, 6.45) is 1.05. The lowest BCUT2D eigenvalue weighted by Gasteiger charge is -2.28. The SMILES string of the molecule is Cc1c(NS(C)(=O)=O)cccc1N(Cc1ccc(Oc2ccc(Cl)c(OCC(=O)NCC(=O)O)c2)cc1)Cc1ccc(F)cc1F. The number of aliphatic carboxylic acids is 1. The van der Waals surface area contributed by atoms with Crippen molar-refractivity contribution in [2.45, 2.75) is 20.0 Å². The number of amides is 1. The van der Waals surface area contributed by atoms with Gasteiger partial charge < -0.3 is 24.8 Å². The molecule has 0 aliphatic carbocycles. The Bertz CT molecular complexity index is 1840. The molecule has 1 amide bonds. The Morgan fingerprint density at radius 3 is 2.35 bits per heavy atom. The Morgan fingerprint density at radius 1 is 0.957 bits per heavy atom. The molecule has 0 aliphatic rings. The number of carboxylic acid groups (broad SMARTS) is 1. The molecule has 0 radical (unpaired) electrons. The standard InChI is InChI=1S/C32H30ClF2N3O7S/c1-20-28(37-46(2,42)43)4-3-5-29(20)38(18-22-8-9-23(34)14-27(22)35)17-21-6-10-24(11-7-21)45-25-12-13-26(33)30(15-25)44-19-31(39)36-16-32(40)41/h3-15,37H,16-19H2,1-2H3,(H,36,39)(H,40,41). The minimum absolute atomic E-state index is 0.0649. The second-order valence-corrected chi connectivity index (χ2v) is 12.4. The molecular formula is C32H30ClF2N3O7S. The number of hydrogen-bond acceptors (Lipinski definition) is 7. The van der Waals surface area contributed by atoms with Crippen LogP contribution < -0.4 is 24.4 Å². The summed E-state index contributed by atoms with van der Waals surface area (Å²) in [5, 5.41) is 11.1. The number of nitrogens with zero attached hydrogens (tertiary/aromatic N) is 1. The zero-order valence-electron chi connectivity index (χ0n) is 24.7. The number of hydrogen-bond donors (Lipinski definition) is 3. The minimum atomic E-state index is -3.56. The number of sulfonamides is 1. The van der Waals surface area contributed by atoms with Crippen molar-refractivity contribution in [2.24, 2.45) is 0 Å². The smallest absolute Gasteiger partial charge is 0.322 e. The number of nitrogens with one attached hydrogen (secondary N) is 2. The van der Waals surface area contributed by atoms with Gasteiger partial charge in [-0.05, 0) is 60.5 Å². The number of rotatable bonds is 14. The molecule has 0 spiro atoms. The molecule has 0 saturated carbocycles. The quantitative estimate of drug-likeness (QED) is 0.151. The molecule has 14 heteroatoms. The zero-order valence-corrected chi connectivity index (χ0v) is 26.3. The van der Waals surface area contributed by atoms with Crippen LogP contribution >= 0.6 is 11.6 Å². The molecule has 4 aromatic carbocycles. The molecule has 4 rings (SSSR count). The Morgan fingerprint density at radius 2 is 1.67 bits per heavy atom. The number of benzene rings is 4. The summed E-state index contributed by atoms with van der Waals surface area (Å²) in [4.78, 5) is 24.3. The second-order valence-electron chi connectivity index (χ2n) is 10.2. The number of halogens is 3. The third-order valence-electron chi connectivity index (χ3n) is 6.55. The fourth-order valence-electron chi connectivity index (χ4n) is 4.40. The van der Waals surface area contributed by atoms with Gasteiger partial charge in [-0.15, -0.1) is 0 Å². The van der Waals surface area contributed by atoms with Crippen LogP contribution in [-0.2, 0) is 32.7 Å². The highest BCUT2D eigenvalue weighted by molar-refractivity contribution is 7.92. The number of carbonyl (C=O) groups is 2. The van der Waals surface area contributed by atoms with E-state index in [-0.39, 0.29) is 29.4 Å². The van der Waals surface area contributed by atoms with Crippen molar-refractivity contribution in [3.05, 3.63) is 112 Å². The van der Waals surface area contributed by atoms with Crippen molar-refractivity contribution in [1.29, 1.82) is 0 Å². The largest absolute Gasteiger partial charge is 0.482 e. The highest BCUT2D eigenvalue weighted by atomic mass is 35.5. The molecule has 0 aromatic heterocycles. The Labute approximate surface area is 269 Å². The van der Waals surface area contributed by atoms with Crippen molar-refractivity contribution in [3.63, 3.8) is 0 Å². The number of ether oxygens (including phenoxy) is 2. The lowest BCUT2D eigenvalue weighted by Crippen LogP contribution is -2.33. The van der Waals surface area contributed by atoms with Crippen LogP contribution in [0.5, 0.6) is 17.2 Å². The topological polar surface area (TPSA) is 134 Å². The molecule has 0 aliphatic heterocycles. The molecule has 0 unspecified atom stereocenters. The summed E-state index contributed by atoms with van der Waals surface area (Å²) >= 11 is 6.17. The Hall–Kier alpha value is -4.88. The van der Waals surface area contributed by atoms with Crippen LogP contribution in [0.4, 0.5) is 20.2 Å². The average Bonchev–Trinajstić information content (AvgIpc) is 2.98. The highest BCUT2D eigenvalue weighted by Gasteiger charge is 2.17. The fraction of sp³-hybridized carbons (Fsp3) is 0.188. The van der Waals surface area contributed by atoms with Crippen LogP contribution in [0.15, 0.2) is 78.9 Å². The third kappa shape index (κ3) is 9.81. The summed E-state index contributed by atoms with van der Waals surface area (Å²) in [6, 6.07) is 20.1. The van der Waals surface area contributed by atoms with E-state index in [9.17, 15) is 26.8 Å². The van der Waals surface area contributed by atoms with Crippen molar-refractivity contribution >= 4 is 44.9 Å². The first-order valence-corrected chi connectivity index (χ1v) is 16.0. The zero-order chi connectivity index (χ0) is 33.4. The van der Waals surface area contributed by atoms with Crippen LogP contribution in [0.1, 0.15) is 16.7 Å². The van der Waals surface area contributed by atoms with Crippen LogP contribution in [0.2, 0.25) is 5.02 Å². The maximum Gasteiger partial charge on any atom is 0.322 e. The Kier molecular flexibility index (Phi) is 11.0. The van der Waals surface area contributed by atoms with E-state index in [2.05, 4.69) is 10.0 Å². The summed E-state index contributed by atoms with van der Waals surface area (Å²) < 4.78 is 66.0. The molecule has 10 nitrogen and oxygen atoms in total. The van der Waals surface area contributed by atoms with Crippen LogP contribution in [-0.4, -0.2) is 44.8 Å². The first-order valence-electron chi connectivity index (χ1n) is 13.7. The third-order valence-corrected chi connectivity index (χ3v) is 7.45. The van der Waals surface area contributed by atoms with Gasteiger partial charge in [-0.1, -0.05) is 35.9 Å². The van der Waals surface area contributed by atoms with Crippen molar-refractivity contribution in [1.82, 2.24) is 5.32 Å². The molecule has 4 aromatic rings. The second kappa shape index (κ2) is 14.9. The minimum Gasteiger partial charge on any atom is -0.482 e. The van der Waals surface area contributed by atoms with Gasteiger partial charge in [0, 0.05) is 36.5 Å². The maximum absolute atomic E-state index is 14.7. The summed E-state index contributed by atoms with van der Waals surface area (Å²) in [7, 11) is -3.56. The molecule has 0 atom stereocenters. The van der Waals surface area contributed by atoms with Crippen molar-refractivity contribution in [3.8, 4) is 17.2 Å². The van der Waals surface area contributed by atoms with E-state index in [1.54, 1.807) is 55.5 Å². The van der Waals surface area contributed by atoms with Crippen molar-refractivity contribution in [2.75, 3.05) is 29.0 Å². The molecular weight excluding hydrogens is 644 g/mol. The molecule has 0 bridgehead atoms. The molecule has 3 N–H and O–H groups in total. The number of carbonyl (C=O) groups excluding carboxylic acids is 1. The molecule has 0 saturated heterocycles. The molecule has 46 heavy (non-hydrogen) atoms. The summed E-state index contributed by atoms with van der Waals surface area (Å²) in [5.74, 6) is -2.24. The van der Waals surface area contributed by atoms with E-state index in [1.165, 1.54) is 24.3 Å². The number of anilines is 2. The van der Waals surface area contributed by atoms with Gasteiger partial charge >= 0.3 is 5.97 Å². The van der Waals surface area contributed by atoms with E-state index in [1.807, 2.05) is 4.90 Å². The first kappa shape index (κ1) is 34.0. The van der Waals surface area contributed by atoms with Gasteiger partial charge in [0.15, 0.2) is 6.61 Å². The van der Waals surface area contributed by atoms with Crippen molar-refractivity contribution < 1.29 is 41.4 Å². The monoisotopic (exact) mass is 673 g/mol. The molecule has 242 valence electrons. The average molecular weight is 674 g/mol. The van der Waals surface area contributed by atoms with Gasteiger partial charge in [-0.25, -0.2) is 17.2 Å². The van der Waals surface area contributed by atoms with E-state index in [0.29, 0.717) is 28.4 Å². The lowest BCUT2D eigenvalue weighted by atomic mass is 10.1. The van der Waals surface area contributed by atoms with Gasteiger partial charge in [-0.3, -0.25) is 14.3 Å². The van der Waals surface area contributed by atoms with E-state index < -0.39 is 46.7 Å². The molecule has 0 heterocycles. The van der Waals surface area contributed by atoms with Crippen LogP contribution in [0.3, 0.4) is 0 Å². The Balaban J connectivity index is 1.52. The van der Waals surface area contributed by atoms with Gasteiger partial charge in [0.25, 0.3) is 5.91 Å². The summed E-state index contributed by atoms with van der Waals surface area (Å²) in [6.45, 7) is 1.11. The van der Waals surface area contributed by atoms with E-state index >= 15 is 0 Å². The molecule has 0 fully saturated rings. The predicted molar refractivity (Wildman–Crippen MR) is 170 cm³/mol. The van der Waals surface area contributed by atoms with Gasteiger partial charge in [0.05, 0.1) is 17.0 Å². The van der Waals surface area contributed by atoms with E-state index in [0.717, 1.165) is 17.9 Å².